The van der Waals surface area contributed by atoms with E-state index in [9.17, 15) is 36.4 Å². The van der Waals surface area contributed by atoms with E-state index in [1.54, 1.807) is 12.1 Å². The summed E-state index contributed by atoms with van der Waals surface area (Å²) in [7, 11) is -2.20. The van der Waals surface area contributed by atoms with Gasteiger partial charge in [-0.25, -0.2) is 27.3 Å². The number of ether oxygens (including phenoxy) is 1. The molecule has 1 atom stereocenters. The lowest BCUT2D eigenvalue weighted by Crippen LogP contribution is -2.38. The molecule has 40 heavy (non-hydrogen) atoms. The summed E-state index contributed by atoms with van der Waals surface area (Å²) in [5, 5.41) is 13.6. The summed E-state index contributed by atoms with van der Waals surface area (Å²) in [4.78, 5) is 28.1. The molecule has 0 aliphatic carbocycles. The Hall–Kier alpha value is -4.38. The zero-order chi connectivity index (χ0) is 29.4. The Labute approximate surface area is 227 Å². The lowest BCUT2D eigenvalue weighted by atomic mass is 9.93. The summed E-state index contributed by atoms with van der Waals surface area (Å²) in [6.07, 6.45) is -3.55. The third-order valence-corrected chi connectivity index (χ3v) is 7.42. The molecule has 0 bridgehead atoms. The van der Waals surface area contributed by atoms with Crippen molar-refractivity contribution >= 4 is 27.4 Å². The number of hydrogen-bond acceptors (Lipinski definition) is 8. The van der Waals surface area contributed by atoms with E-state index in [-0.39, 0.29) is 41.6 Å². The molecule has 0 saturated heterocycles. The van der Waals surface area contributed by atoms with Crippen LogP contribution in [0.2, 0.25) is 0 Å². The van der Waals surface area contributed by atoms with Gasteiger partial charge >= 0.3 is 17.8 Å². The average Bonchev–Trinajstić information content (AvgIpc) is 3.21. The Morgan fingerprint density at radius 1 is 1.18 bits per heavy atom. The van der Waals surface area contributed by atoms with E-state index in [4.69, 9.17) is 4.74 Å². The first-order valence-corrected chi connectivity index (χ1v) is 14.0. The Morgan fingerprint density at radius 3 is 2.42 bits per heavy atom. The van der Waals surface area contributed by atoms with Gasteiger partial charge in [0.25, 0.3) is 0 Å². The number of halogens is 3. The summed E-state index contributed by atoms with van der Waals surface area (Å²) in [5.41, 5.74) is -0.800. The van der Waals surface area contributed by atoms with Crippen molar-refractivity contribution in [3.8, 4) is 6.07 Å². The highest BCUT2D eigenvalue weighted by atomic mass is 32.2. The van der Waals surface area contributed by atoms with Gasteiger partial charge in [-0.1, -0.05) is 18.2 Å². The number of aromatic nitrogens is 3. The van der Waals surface area contributed by atoms with E-state index in [0.29, 0.717) is 11.1 Å². The molecular formula is C26H24F3N5O5S. The molecule has 210 valence electrons. The molecule has 0 N–H and O–H groups in total. The Morgan fingerprint density at radius 2 is 1.85 bits per heavy atom. The summed E-state index contributed by atoms with van der Waals surface area (Å²) in [5.74, 6) is -1.13. The van der Waals surface area contributed by atoms with Crippen LogP contribution in [0.1, 0.15) is 36.1 Å². The van der Waals surface area contributed by atoms with Crippen LogP contribution in [0.5, 0.6) is 0 Å². The second kappa shape index (κ2) is 10.6. The maximum Gasteiger partial charge on any atom is 0.416 e. The highest BCUT2D eigenvalue weighted by Crippen LogP contribution is 2.43. The van der Waals surface area contributed by atoms with Gasteiger partial charge in [-0.2, -0.15) is 18.4 Å². The largest absolute Gasteiger partial charge is 0.466 e. The molecule has 14 heteroatoms. The number of allylic oxidation sites excluding steroid dienone is 1. The van der Waals surface area contributed by atoms with E-state index in [1.165, 1.54) is 36.1 Å². The van der Waals surface area contributed by atoms with Crippen LogP contribution in [0.25, 0.3) is 0 Å². The van der Waals surface area contributed by atoms with Crippen LogP contribution < -0.4 is 10.6 Å². The number of benzene rings is 2. The Kier molecular flexibility index (Phi) is 7.62. The molecule has 2 aromatic carbocycles. The first-order chi connectivity index (χ1) is 18.8. The monoisotopic (exact) mass is 575 g/mol. The highest BCUT2D eigenvalue weighted by Gasteiger charge is 2.41. The number of carbonyl (C=O) groups excluding carboxylic acids is 1. The number of esters is 1. The van der Waals surface area contributed by atoms with Gasteiger partial charge in [0, 0.05) is 24.2 Å². The van der Waals surface area contributed by atoms with Gasteiger partial charge in [-0.05, 0) is 49.2 Å². The first-order valence-electron chi connectivity index (χ1n) is 11.9. The van der Waals surface area contributed by atoms with Crippen LogP contribution in [0.3, 0.4) is 0 Å². The number of hydrogen-bond donors (Lipinski definition) is 0. The van der Waals surface area contributed by atoms with Crippen molar-refractivity contribution in [2.24, 2.45) is 0 Å². The van der Waals surface area contributed by atoms with Gasteiger partial charge < -0.3 is 4.74 Å². The number of sulfone groups is 1. The molecule has 0 spiro atoms. The summed E-state index contributed by atoms with van der Waals surface area (Å²) >= 11 is 0. The van der Waals surface area contributed by atoms with E-state index < -0.39 is 39.3 Å². The Bertz CT molecular complexity index is 1700. The van der Waals surface area contributed by atoms with E-state index >= 15 is 0 Å². The number of aryl methyl sites for hydroxylation is 1. The van der Waals surface area contributed by atoms with Gasteiger partial charge in [0.2, 0.25) is 5.95 Å². The van der Waals surface area contributed by atoms with Crippen molar-refractivity contribution in [1.82, 2.24) is 14.3 Å². The number of methoxy groups -OCH3 is 1. The van der Waals surface area contributed by atoms with Crippen LogP contribution >= 0.6 is 0 Å². The summed E-state index contributed by atoms with van der Waals surface area (Å²) in [6.45, 7) is 1.40. The molecule has 3 aromatic rings. The maximum absolute atomic E-state index is 13.7. The van der Waals surface area contributed by atoms with Gasteiger partial charge in [0.15, 0.2) is 0 Å². The first kappa shape index (κ1) is 28.6. The highest BCUT2D eigenvalue weighted by molar-refractivity contribution is 7.90. The van der Waals surface area contributed by atoms with Crippen LogP contribution in [-0.2, 0) is 32.1 Å². The predicted molar refractivity (Wildman–Crippen MR) is 138 cm³/mol. The third kappa shape index (κ3) is 5.50. The van der Waals surface area contributed by atoms with E-state index in [0.717, 1.165) is 34.7 Å². The summed E-state index contributed by atoms with van der Waals surface area (Å²) < 4.78 is 71.2. The number of carbonyl (C=O) groups is 1. The number of alkyl halides is 3. The van der Waals surface area contributed by atoms with E-state index in [1.807, 2.05) is 6.07 Å². The fourth-order valence-electron chi connectivity index (χ4n) is 4.56. The topological polar surface area (TPSA) is 127 Å². The standard InChI is InChI=1S/C26H24F3N5O5S/c1-16-21(23(35)39-2)22(18-10-8-17(15-30)9-11-18)34-24(31-32(25(34)36)12-5-13-40(3,37)38)33(16)20-7-4-6-19(14-20)26(27,28)29/h4,6-11,14,22H,5,12-13H2,1-3H3. The van der Waals surface area contributed by atoms with Crippen molar-refractivity contribution < 1.29 is 31.1 Å². The minimum atomic E-state index is -4.66. The average molecular weight is 576 g/mol. The molecule has 1 aromatic heterocycles. The lowest BCUT2D eigenvalue weighted by molar-refractivity contribution is -0.138. The number of nitrogens with zero attached hydrogens (tertiary/aromatic N) is 5. The van der Waals surface area contributed by atoms with Crippen LogP contribution in [0.15, 0.2) is 64.6 Å². The maximum atomic E-state index is 13.7. The predicted octanol–water partition coefficient (Wildman–Crippen LogP) is 3.56. The quantitative estimate of drug-likeness (QED) is 0.392. The fourth-order valence-corrected chi connectivity index (χ4v) is 5.22. The zero-order valence-corrected chi connectivity index (χ0v) is 22.5. The molecule has 1 aliphatic rings. The van der Waals surface area contributed by atoms with Gasteiger partial charge in [-0.3, -0.25) is 4.90 Å². The number of fused-ring (bicyclic) bond motifs is 1. The van der Waals surface area contributed by atoms with Crippen molar-refractivity contribution in [3.63, 3.8) is 0 Å². The smallest absolute Gasteiger partial charge is 0.416 e. The molecule has 1 aliphatic heterocycles. The molecular weight excluding hydrogens is 551 g/mol. The third-order valence-electron chi connectivity index (χ3n) is 6.39. The molecule has 2 heterocycles. The second-order valence-corrected chi connectivity index (χ2v) is 11.4. The van der Waals surface area contributed by atoms with Crippen molar-refractivity contribution in [2.45, 2.75) is 32.1 Å². The molecule has 0 fully saturated rings. The fraction of sp³-hybridized carbons (Fsp3) is 0.308. The van der Waals surface area contributed by atoms with Crippen molar-refractivity contribution in [3.05, 3.63) is 87.0 Å². The molecule has 0 amide bonds. The van der Waals surface area contributed by atoms with Gasteiger partial charge in [0.05, 0.1) is 35.6 Å². The molecule has 1 unspecified atom stereocenters. The molecule has 0 radical (unpaired) electrons. The number of anilines is 2. The van der Waals surface area contributed by atoms with Crippen molar-refractivity contribution in [1.29, 1.82) is 5.26 Å². The number of rotatable bonds is 7. The lowest BCUT2D eigenvalue weighted by Gasteiger charge is -2.35. The van der Waals surface area contributed by atoms with E-state index in [2.05, 4.69) is 5.10 Å². The van der Waals surface area contributed by atoms with Gasteiger partial charge in [0.1, 0.15) is 15.9 Å². The minimum Gasteiger partial charge on any atom is -0.466 e. The molecule has 10 nitrogen and oxygen atoms in total. The zero-order valence-electron chi connectivity index (χ0n) is 21.6. The number of nitriles is 1. The second-order valence-electron chi connectivity index (χ2n) is 9.17. The van der Waals surface area contributed by atoms with Crippen LogP contribution in [0.4, 0.5) is 24.8 Å². The minimum absolute atomic E-state index is 0.0125. The normalized spacial score (nSPS) is 15.5. The van der Waals surface area contributed by atoms with Crippen molar-refractivity contribution in [2.75, 3.05) is 24.0 Å². The van der Waals surface area contributed by atoms with Crippen LogP contribution in [0, 0.1) is 11.3 Å². The summed E-state index contributed by atoms with van der Waals surface area (Å²) in [6, 6.07) is 11.3. The molecule has 4 rings (SSSR count). The Balaban J connectivity index is 1.99. The molecule has 0 saturated carbocycles. The van der Waals surface area contributed by atoms with Gasteiger partial charge in [-0.15, -0.1) is 5.10 Å². The van der Waals surface area contributed by atoms with Crippen LogP contribution in [-0.4, -0.2) is 47.9 Å². The SMILES string of the molecule is COC(=O)C1=C(C)N(c2cccc(C(F)(F)F)c2)c2nn(CCCS(C)(=O)=O)c(=O)n2C1c1ccc(C#N)cc1.